The molecule has 6 nitrogen and oxygen atoms in total. The van der Waals surface area contributed by atoms with Crippen molar-refractivity contribution in [2.45, 2.75) is 33.2 Å². The molecule has 1 aliphatic rings. The number of nitrogens with zero attached hydrogens (tertiary/aromatic N) is 3. The van der Waals surface area contributed by atoms with E-state index in [0.29, 0.717) is 32.8 Å². The van der Waals surface area contributed by atoms with Crippen molar-refractivity contribution in [3.63, 3.8) is 0 Å². The summed E-state index contributed by atoms with van der Waals surface area (Å²) in [6.07, 6.45) is 4.13. The van der Waals surface area contributed by atoms with Gasteiger partial charge in [0.25, 0.3) is 11.5 Å². The Bertz CT molecular complexity index is 1280. The van der Waals surface area contributed by atoms with Crippen molar-refractivity contribution in [2.24, 2.45) is 0 Å². The number of thiocarbonyl (C=S) groups is 1. The van der Waals surface area contributed by atoms with Gasteiger partial charge in [-0.1, -0.05) is 67.3 Å². The number of thioether (sulfide) groups is 1. The van der Waals surface area contributed by atoms with Crippen LogP contribution in [0.4, 0.5) is 5.82 Å². The summed E-state index contributed by atoms with van der Waals surface area (Å²) in [4.78, 5) is 33.2. The number of carbonyl (C=O) groups is 1. The molecule has 0 bridgehead atoms. The predicted octanol–water partition coefficient (Wildman–Crippen LogP) is 4.79. The van der Waals surface area contributed by atoms with E-state index >= 15 is 0 Å². The van der Waals surface area contributed by atoms with Crippen molar-refractivity contribution < 1.29 is 4.79 Å². The quantitative estimate of drug-likeness (QED) is 0.418. The highest BCUT2D eigenvalue weighted by atomic mass is 32.2. The molecule has 0 saturated carbocycles. The summed E-state index contributed by atoms with van der Waals surface area (Å²) in [6, 6.07) is 13.6. The highest BCUT2D eigenvalue weighted by Gasteiger charge is 2.32. The first-order valence-electron chi connectivity index (χ1n) is 10.5. The number of fused-ring (bicyclic) bond motifs is 1. The smallest absolute Gasteiger partial charge is 0.267 e. The number of hydrogen-bond acceptors (Lipinski definition) is 6. The zero-order valence-corrected chi connectivity index (χ0v) is 19.8. The van der Waals surface area contributed by atoms with Crippen LogP contribution in [0, 0.1) is 6.92 Å². The average Bonchev–Trinajstić information content (AvgIpc) is 3.05. The zero-order chi connectivity index (χ0) is 22.8. The number of amides is 1. The number of aryl methyl sites for hydroxylation is 1. The van der Waals surface area contributed by atoms with Gasteiger partial charge in [0.05, 0.1) is 10.5 Å². The molecule has 1 aromatic carbocycles. The van der Waals surface area contributed by atoms with Gasteiger partial charge in [0.1, 0.15) is 15.8 Å². The van der Waals surface area contributed by atoms with Crippen LogP contribution in [0.2, 0.25) is 0 Å². The number of aromatic nitrogens is 2. The fourth-order valence-electron chi connectivity index (χ4n) is 3.63. The van der Waals surface area contributed by atoms with Gasteiger partial charge in [0, 0.05) is 18.8 Å². The first-order chi connectivity index (χ1) is 15.4. The minimum atomic E-state index is -0.234. The lowest BCUT2D eigenvalue weighted by atomic mass is 10.1. The third kappa shape index (κ3) is 4.20. The second kappa shape index (κ2) is 9.26. The number of anilines is 1. The number of benzene rings is 1. The molecule has 1 N–H and O–H groups in total. The first kappa shape index (κ1) is 22.2. The van der Waals surface area contributed by atoms with Crippen LogP contribution in [0.1, 0.15) is 43.0 Å². The fraction of sp³-hybridized carbons (Fsp3) is 0.250. The molecule has 32 heavy (non-hydrogen) atoms. The van der Waals surface area contributed by atoms with E-state index in [9.17, 15) is 9.59 Å². The fourth-order valence-corrected chi connectivity index (χ4v) is 4.92. The second-order valence-electron chi connectivity index (χ2n) is 7.67. The lowest BCUT2D eigenvalue weighted by Gasteiger charge is -2.18. The van der Waals surface area contributed by atoms with E-state index in [-0.39, 0.29) is 17.5 Å². The lowest BCUT2D eigenvalue weighted by molar-refractivity contribution is -0.122. The summed E-state index contributed by atoms with van der Waals surface area (Å²) in [7, 11) is 0. The van der Waals surface area contributed by atoms with Crippen LogP contribution in [0.3, 0.4) is 0 Å². The van der Waals surface area contributed by atoms with E-state index in [4.69, 9.17) is 17.2 Å². The molecular formula is C24H24N4O2S2. The summed E-state index contributed by atoms with van der Waals surface area (Å²) in [5.41, 5.74) is 2.64. The van der Waals surface area contributed by atoms with Gasteiger partial charge in [-0.05, 0) is 43.5 Å². The van der Waals surface area contributed by atoms with Crippen LogP contribution >= 0.6 is 24.0 Å². The van der Waals surface area contributed by atoms with Gasteiger partial charge in [-0.2, -0.15) is 0 Å². The predicted molar refractivity (Wildman–Crippen MR) is 135 cm³/mol. The molecule has 3 heterocycles. The maximum atomic E-state index is 13.5. The van der Waals surface area contributed by atoms with Crippen LogP contribution < -0.4 is 10.9 Å². The molecular weight excluding hydrogens is 440 g/mol. The van der Waals surface area contributed by atoms with Crippen molar-refractivity contribution in [1.82, 2.24) is 14.3 Å². The third-order valence-electron chi connectivity index (χ3n) is 5.33. The van der Waals surface area contributed by atoms with Gasteiger partial charge in [-0.15, -0.1) is 0 Å². The maximum Gasteiger partial charge on any atom is 0.267 e. The Morgan fingerprint density at radius 2 is 1.94 bits per heavy atom. The van der Waals surface area contributed by atoms with Crippen molar-refractivity contribution >= 4 is 51.7 Å². The van der Waals surface area contributed by atoms with Crippen molar-refractivity contribution in [1.29, 1.82) is 0 Å². The lowest BCUT2D eigenvalue weighted by Crippen LogP contribution is -2.28. The molecule has 8 heteroatoms. The molecule has 1 saturated heterocycles. The molecule has 1 fully saturated rings. The molecule has 1 aliphatic heterocycles. The van der Waals surface area contributed by atoms with E-state index in [2.05, 4.69) is 5.32 Å². The third-order valence-corrected chi connectivity index (χ3v) is 6.71. The van der Waals surface area contributed by atoms with Gasteiger partial charge < -0.3 is 5.32 Å². The Kier molecular flexibility index (Phi) is 6.43. The van der Waals surface area contributed by atoms with Gasteiger partial charge >= 0.3 is 0 Å². The van der Waals surface area contributed by atoms with Crippen LogP contribution in [0.15, 0.2) is 58.4 Å². The Balaban J connectivity index is 1.84. The highest BCUT2D eigenvalue weighted by molar-refractivity contribution is 8.26. The van der Waals surface area contributed by atoms with E-state index in [1.165, 1.54) is 16.2 Å². The molecule has 3 aromatic rings. The van der Waals surface area contributed by atoms with Gasteiger partial charge in [0.2, 0.25) is 0 Å². The summed E-state index contributed by atoms with van der Waals surface area (Å²) < 4.78 is 2.03. The van der Waals surface area contributed by atoms with Crippen LogP contribution in [-0.2, 0) is 4.79 Å². The maximum absolute atomic E-state index is 13.5. The molecule has 164 valence electrons. The minimum Gasteiger partial charge on any atom is -0.363 e. The van der Waals surface area contributed by atoms with Crippen LogP contribution in [0.5, 0.6) is 0 Å². The molecule has 2 aromatic heterocycles. The summed E-state index contributed by atoms with van der Waals surface area (Å²) in [5.74, 6) is 0.277. The Hall–Kier alpha value is -2.97. The highest BCUT2D eigenvalue weighted by Crippen LogP contribution is 2.33. The van der Waals surface area contributed by atoms with Gasteiger partial charge in [-0.25, -0.2) is 4.98 Å². The zero-order valence-electron chi connectivity index (χ0n) is 18.2. The van der Waals surface area contributed by atoms with Crippen LogP contribution in [-0.4, -0.2) is 31.1 Å². The first-order valence-corrected chi connectivity index (χ1v) is 11.7. The standard InChI is InChI=1S/C24H24N4O2S2/c1-4-12-28-23(30)19(32-24(28)31)14-18-20(25-16(3)17-10-6-5-7-11-17)26-21-15(2)9-8-13-27(21)22(18)29/h5-11,13-14,16,25H,4,12H2,1-3H3/b19-14-/t16-/m1/s1. The molecule has 0 unspecified atom stereocenters. The molecule has 1 amide bonds. The van der Waals surface area contributed by atoms with Crippen molar-refractivity contribution in [3.05, 3.63) is 80.6 Å². The monoisotopic (exact) mass is 464 g/mol. The normalized spacial score (nSPS) is 16.2. The van der Waals surface area contributed by atoms with E-state index in [0.717, 1.165) is 17.5 Å². The van der Waals surface area contributed by atoms with E-state index in [1.54, 1.807) is 17.2 Å². The summed E-state index contributed by atoms with van der Waals surface area (Å²) in [6.45, 7) is 6.49. The summed E-state index contributed by atoms with van der Waals surface area (Å²) >= 11 is 6.61. The van der Waals surface area contributed by atoms with Crippen LogP contribution in [0.25, 0.3) is 11.7 Å². The Morgan fingerprint density at radius 3 is 2.66 bits per heavy atom. The average molecular weight is 465 g/mol. The van der Waals surface area contributed by atoms with Crippen molar-refractivity contribution in [2.75, 3.05) is 11.9 Å². The van der Waals surface area contributed by atoms with Crippen molar-refractivity contribution in [3.8, 4) is 0 Å². The Morgan fingerprint density at radius 1 is 1.19 bits per heavy atom. The number of carbonyl (C=O) groups excluding carboxylic acids is 1. The largest absolute Gasteiger partial charge is 0.363 e. The number of rotatable bonds is 6. The van der Waals surface area contributed by atoms with E-state index < -0.39 is 0 Å². The molecule has 1 atom stereocenters. The number of hydrogen-bond donors (Lipinski definition) is 1. The number of pyridine rings is 1. The molecule has 0 spiro atoms. The SMILES string of the molecule is CCCN1C(=O)/C(=C/c2c(N[C@H](C)c3ccccc3)nc3c(C)cccn3c2=O)SC1=S. The topological polar surface area (TPSA) is 66.7 Å². The summed E-state index contributed by atoms with van der Waals surface area (Å²) in [5, 5.41) is 3.39. The van der Waals surface area contributed by atoms with Gasteiger partial charge in [-0.3, -0.25) is 18.9 Å². The van der Waals surface area contributed by atoms with E-state index in [1.807, 2.05) is 63.2 Å². The molecule has 0 aliphatic carbocycles. The van der Waals surface area contributed by atoms with Gasteiger partial charge in [0.15, 0.2) is 0 Å². The Labute approximate surface area is 196 Å². The number of nitrogens with one attached hydrogen (secondary N) is 1. The molecule has 0 radical (unpaired) electrons. The second-order valence-corrected chi connectivity index (χ2v) is 9.35. The molecule has 4 rings (SSSR count). The minimum absolute atomic E-state index is 0.0867.